The molecule has 0 spiro atoms. The minimum atomic E-state index is -4.31. The van der Waals surface area contributed by atoms with Gasteiger partial charge in [0, 0.05) is 18.0 Å². The number of azo groups is 1. The van der Waals surface area contributed by atoms with Gasteiger partial charge in [-0.15, -0.1) is 9.45 Å². The highest BCUT2D eigenvalue weighted by atomic mass is 32.3. The van der Waals surface area contributed by atoms with Crippen LogP contribution in [0.2, 0.25) is 0 Å². The molecule has 0 aliphatic heterocycles. The standard InChI is InChI=1S/C22H25N9O10S2/c1-23-20-26-21(28-22(27-20)31-24-9-32)25-14-8-11(43(37,38)39)6-10-7-15(42-41-40-36)17(18(33)16(10)14)30-29-13-5-3-2-4-12(13)19(34)35/h2-8,19,29-30,32-39H,9H2,1H3,(H2,23,25,26,27,28)/i9T. The van der Waals surface area contributed by atoms with Gasteiger partial charge in [0.2, 0.25) is 11.9 Å². The number of nitrogens with zero attached hydrogens (tertiary/aromatic N) is 5. The molecule has 0 saturated heterocycles. The molecule has 1 atom stereocenters. The van der Waals surface area contributed by atoms with Crippen molar-refractivity contribution in [2.45, 2.75) is 16.1 Å². The van der Waals surface area contributed by atoms with E-state index in [2.05, 4.69) is 56.0 Å². The summed E-state index contributed by atoms with van der Waals surface area (Å²) in [5.74, 6) is -1.09. The predicted molar refractivity (Wildman–Crippen MR) is 155 cm³/mol. The topological polar surface area (TPSA) is 292 Å². The first-order chi connectivity index (χ1) is 20.9. The summed E-state index contributed by atoms with van der Waals surface area (Å²) >= 11 is 0.425. The SMILES string of the molecule is [3H]C(O)N=Nc1nc(NC)nc(Nc2cc(S(O)(O)O)cc3cc(SOOO)c(NNc4ccccc4C(O)O)c(O)c23)n1. The highest BCUT2D eigenvalue weighted by molar-refractivity contribution is 8.19. The van der Waals surface area contributed by atoms with Crippen molar-refractivity contribution >= 4 is 68.6 Å². The van der Waals surface area contributed by atoms with Crippen molar-refractivity contribution in [3.8, 4) is 5.75 Å². The van der Waals surface area contributed by atoms with E-state index in [0.717, 1.165) is 12.1 Å². The number of para-hydroxylation sites is 1. The maximum absolute atomic E-state index is 11.5. The van der Waals surface area contributed by atoms with Gasteiger partial charge >= 0.3 is 0 Å². The number of aromatic nitrogens is 3. The molecule has 21 heteroatoms. The Hall–Kier alpha value is -4.13. The van der Waals surface area contributed by atoms with Crippen molar-refractivity contribution in [2.24, 2.45) is 10.2 Å². The molecule has 1 unspecified atom stereocenters. The summed E-state index contributed by atoms with van der Waals surface area (Å²) in [7, 11) is -2.82. The van der Waals surface area contributed by atoms with Crippen LogP contribution in [0, 0.1) is 0 Å². The van der Waals surface area contributed by atoms with Gasteiger partial charge in [-0.05, 0) is 29.7 Å². The van der Waals surface area contributed by atoms with E-state index < -0.39 is 29.6 Å². The zero-order valence-corrected chi connectivity index (χ0v) is 23.3. The largest absolute Gasteiger partial charge is 0.505 e. The van der Waals surface area contributed by atoms with Gasteiger partial charge in [-0.2, -0.15) is 20.1 Å². The van der Waals surface area contributed by atoms with Gasteiger partial charge in [0.25, 0.3) is 5.95 Å². The molecule has 0 aliphatic rings. The molecule has 1 heterocycles. The van der Waals surface area contributed by atoms with E-state index in [9.17, 15) is 29.0 Å². The van der Waals surface area contributed by atoms with Crippen molar-refractivity contribution < 1.29 is 50.1 Å². The van der Waals surface area contributed by atoms with E-state index >= 15 is 0 Å². The monoisotopic (exact) mass is 641 g/mol. The Bertz CT molecular complexity index is 1660. The second kappa shape index (κ2) is 13.9. The second-order valence-electron chi connectivity index (χ2n) is 8.11. The summed E-state index contributed by atoms with van der Waals surface area (Å²) in [6, 6.07) is 9.76. The summed E-state index contributed by atoms with van der Waals surface area (Å²) in [6.45, 7) is -1.90. The predicted octanol–water partition coefficient (Wildman–Crippen LogP) is 3.98. The smallest absolute Gasteiger partial charge is 0.275 e. The van der Waals surface area contributed by atoms with E-state index in [0.29, 0.717) is 12.0 Å². The number of aliphatic hydroxyl groups is 3. The van der Waals surface area contributed by atoms with Gasteiger partial charge in [0.1, 0.15) is 16.6 Å². The minimum Gasteiger partial charge on any atom is -0.505 e. The first-order valence-corrected chi connectivity index (χ1v) is 13.8. The van der Waals surface area contributed by atoms with E-state index in [1.165, 1.54) is 25.2 Å². The average molecular weight is 642 g/mol. The molecule has 1 aromatic heterocycles. The molecule has 0 fully saturated rings. The number of phenols is 1. The third-order valence-electron chi connectivity index (χ3n) is 5.47. The Kier molecular flexibility index (Phi) is 9.80. The summed E-state index contributed by atoms with van der Waals surface area (Å²) in [5.41, 5.74) is 5.60. The molecule has 4 rings (SSSR count). The lowest BCUT2D eigenvalue weighted by Gasteiger charge is -2.23. The Morgan fingerprint density at radius 1 is 1.05 bits per heavy atom. The number of hydrogen-bond acceptors (Lipinski definition) is 20. The third kappa shape index (κ3) is 7.64. The quantitative estimate of drug-likeness (QED) is 0.0245. The summed E-state index contributed by atoms with van der Waals surface area (Å²) < 4.78 is 41.8. The molecule has 0 aliphatic carbocycles. The first-order valence-electron chi connectivity index (χ1n) is 12.2. The molecule has 12 N–H and O–H groups in total. The first kappa shape index (κ1) is 30.3. The van der Waals surface area contributed by atoms with Crippen molar-refractivity contribution in [3.05, 3.63) is 48.0 Å². The average Bonchev–Trinajstić information content (AvgIpc) is 2.97. The minimum absolute atomic E-state index is 0.00243. The lowest BCUT2D eigenvalue weighted by Crippen LogP contribution is -2.13. The lowest BCUT2D eigenvalue weighted by molar-refractivity contribution is -0.432. The number of rotatable bonds is 13. The van der Waals surface area contributed by atoms with E-state index in [1.807, 2.05) is 0 Å². The molecule has 19 nitrogen and oxygen atoms in total. The number of anilines is 5. The lowest BCUT2D eigenvalue weighted by atomic mass is 10.1. The van der Waals surface area contributed by atoms with Crippen molar-refractivity contribution in [1.29, 1.82) is 0 Å². The van der Waals surface area contributed by atoms with E-state index in [-0.39, 0.29) is 61.0 Å². The fourth-order valence-electron chi connectivity index (χ4n) is 3.71. The van der Waals surface area contributed by atoms with E-state index in [1.54, 1.807) is 12.1 Å². The number of fused-ring (bicyclic) bond motifs is 1. The Morgan fingerprint density at radius 2 is 1.79 bits per heavy atom. The van der Waals surface area contributed by atoms with Gasteiger partial charge in [0.15, 0.2) is 18.7 Å². The van der Waals surface area contributed by atoms with Gasteiger partial charge in [-0.1, -0.05) is 23.2 Å². The maximum Gasteiger partial charge on any atom is 0.275 e. The third-order valence-corrected chi connectivity index (χ3v) is 6.97. The Balaban J connectivity index is 1.89. The second-order valence-corrected chi connectivity index (χ2v) is 10.4. The van der Waals surface area contributed by atoms with Crippen molar-refractivity contribution in [2.75, 3.05) is 35.2 Å². The van der Waals surface area contributed by atoms with Crippen LogP contribution in [0.4, 0.5) is 34.9 Å². The molecule has 3 aromatic carbocycles. The molecule has 230 valence electrons. The zero-order valence-electron chi connectivity index (χ0n) is 22.6. The fourth-order valence-corrected chi connectivity index (χ4v) is 4.78. The van der Waals surface area contributed by atoms with Crippen LogP contribution in [0.1, 0.15) is 13.2 Å². The molecule has 0 amide bonds. The van der Waals surface area contributed by atoms with Crippen molar-refractivity contribution in [3.63, 3.8) is 0 Å². The number of aliphatic hydroxyl groups excluding tert-OH is 2. The van der Waals surface area contributed by atoms with Crippen LogP contribution >= 0.6 is 22.9 Å². The molecule has 4 aromatic rings. The van der Waals surface area contributed by atoms with Crippen LogP contribution < -0.4 is 21.5 Å². The summed E-state index contributed by atoms with van der Waals surface area (Å²) in [5, 5.41) is 64.8. The van der Waals surface area contributed by atoms with E-state index in [4.69, 9.17) is 11.7 Å². The van der Waals surface area contributed by atoms with Gasteiger partial charge < -0.3 is 50.1 Å². The Labute approximate surface area is 248 Å². The molecular formula is C22H25N9O10S2. The Morgan fingerprint density at radius 3 is 2.47 bits per heavy atom. The van der Waals surface area contributed by atoms with Crippen LogP contribution in [0.5, 0.6) is 5.75 Å². The summed E-state index contributed by atoms with van der Waals surface area (Å²) in [6.07, 6.45) is -1.84. The normalized spacial score (nSPS) is 13.3. The summed E-state index contributed by atoms with van der Waals surface area (Å²) in [4.78, 5) is 11.7. The molecular weight excluding hydrogens is 614 g/mol. The van der Waals surface area contributed by atoms with Gasteiger partial charge in [-0.25, -0.2) is 5.26 Å². The molecule has 0 bridgehead atoms. The number of aromatic hydroxyl groups is 1. The number of phenolic OH excluding ortho intramolecular Hbond substituents is 1. The number of hydrogen-bond donors (Lipinski definition) is 12. The number of benzene rings is 3. The number of nitrogens with one attached hydrogen (secondary N) is 4. The van der Waals surface area contributed by atoms with Crippen LogP contribution in [0.3, 0.4) is 0 Å². The molecule has 0 radical (unpaired) electrons. The van der Waals surface area contributed by atoms with Crippen LogP contribution in [-0.4, -0.2) is 68.0 Å². The van der Waals surface area contributed by atoms with Crippen LogP contribution in [-0.2, 0) is 9.37 Å². The molecule has 0 saturated carbocycles. The zero-order chi connectivity index (χ0) is 32.0. The highest BCUT2D eigenvalue weighted by Gasteiger charge is 2.24. The van der Waals surface area contributed by atoms with Crippen LogP contribution in [0.25, 0.3) is 10.8 Å². The van der Waals surface area contributed by atoms with Gasteiger partial charge in [0.05, 0.1) is 34.6 Å². The highest BCUT2D eigenvalue weighted by Crippen LogP contribution is 2.50. The fraction of sp³-hybridized carbons (Fsp3) is 0.136. The van der Waals surface area contributed by atoms with Gasteiger partial charge in [-0.3, -0.25) is 5.43 Å². The number of hydrazine groups is 1. The molecule has 43 heavy (non-hydrogen) atoms. The van der Waals surface area contributed by atoms with Crippen molar-refractivity contribution in [1.82, 2.24) is 15.0 Å². The van der Waals surface area contributed by atoms with Crippen LogP contribution in [0.15, 0.2) is 62.5 Å². The maximum atomic E-state index is 11.5.